The van der Waals surface area contributed by atoms with Crippen molar-refractivity contribution in [3.63, 3.8) is 0 Å². The lowest BCUT2D eigenvalue weighted by Crippen LogP contribution is -2.23. The topological polar surface area (TPSA) is 53.9 Å². The summed E-state index contributed by atoms with van der Waals surface area (Å²) in [6.45, 7) is 5.73. The molecule has 0 spiro atoms. The summed E-state index contributed by atoms with van der Waals surface area (Å²) in [6.07, 6.45) is 1.81. The van der Waals surface area contributed by atoms with E-state index < -0.39 is 0 Å². The summed E-state index contributed by atoms with van der Waals surface area (Å²) in [7, 11) is 0. The molecule has 0 atom stereocenters. The van der Waals surface area contributed by atoms with Crippen LogP contribution in [0.3, 0.4) is 0 Å². The van der Waals surface area contributed by atoms with Gasteiger partial charge in [-0.05, 0) is 31.5 Å². The number of anilines is 3. The predicted molar refractivity (Wildman–Crippen MR) is 115 cm³/mol. The van der Waals surface area contributed by atoms with E-state index in [0.717, 1.165) is 47.1 Å². The summed E-state index contributed by atoms with van der Waals surface area (Å²) in [5, 5.41) is 4.53. The van der Waals surface area contributed by atoms with Crippen LogP contribution >= 0.6 is 0 Å². The normalized spacial score (nSPS) is 10.8. The molecule has 1 N–H and O–H groups in total. The Morgan fingerprint density at radius 2 is 1.75 bits per heavy atom. The number of hydrogen-bond donors (Lipinski definition) is 1. The molecule has 0 unspecified atom stereocenters. The maximum atomic E-state index is 4.66. The first kappa shape index (κ1) is 17.9. The van der Waals surface area contributed by atoms with E-state index in [1.54, 1.807) is 0 Å². The van der Waals surface area contributed by atoms with Crippen molar-refractivity contribution < 1.29 is 0 Å². The lowest BCUT2D eigenvalue weighted by molar-refractivity contribution is 0.805. The monoisotopic (exact) mass is 369 g/mol. The highest BCUT2D eigenvalue weighted by molar-refractivity contribution is 5.91. The van der Waals surface area contributed by atoms with Gasteiger partial charge < -0.3 is 10.2 Å². The largest absolute Gasteiger partial charge is 0.352 e. The Kier molecular flexibility index (Phi) is 5.15. The van der Waals surface area contributed by atoms with E-state index in [-0.39, 0.29) is 0 Å². The number of hydrogen-bond acceptors (Lipinski definition) is 5. The van der Waals surface area contributed by atoms with E-state index >= 15 is 0 Å². The van der Waals surface area contributed by atoms with Crippen LogP contribution in [0.5, 0.6) is 0 Å². The van der Waals surface area contributed by atoms with E-state index in [9.17, 15) is 0 Å². The van der Waals surface area contributed by atoms with Gasteiger partial charge in [0.05, 0.1) is 11.2 Å². The molecule has 0 bridgehead atoms. The van der Waals surface area contributed by atoms with Gasteiger partial charge in [-0.15, -0.1) is 0 Å². The second-order valence-corrected chi connectivity index (χ2v) is 6.66. The van der Waals surface area contributed by atoms with Crippen molar-refractivity contribution >= 4 is 28.2 Å². The Hall–Kier alpha value is -3.47. The maximum absolute atomic E-state index is 4.66. The summed E-state index contributed by atoms with van der Waals surface area (Å²) >= 11 is 0. The summed E-state index contributed by atoms with van der Waals surface area (Å²) in [6, 6.07) is 22.5. The van der Waals surface area contributed by atoms with E-state index in [1.807, 2.05) is 43.5 Å². The predicted octanol–water partition coefficient (Wildman–Crippen LogP) is 5.10. The van der Waals surface area contributed by atoms with E-state index in [0.29, 0.717) is 0 Å². The zero-order valence-corrected chi connectivity index (χ0v) is 16.1. The summed E-state index contributed by atoms with van der Waals surface area (Å²) < 4.78 is 0. The molecule has 0 radical (unpaired) electrons. The van der Waals surface area contributed by atoms with Crippen LogP contribution in [0.25, 0.3) is 10.9 Å². The molecular weight excluding hydrogens is 346 g/mol. The van der Waals surface area contributed by atoms with Gasteiger partial charge in [0.2, 0.25) is 0 Å². The number of para-hydroxylation sites is 1. The Morgan fingerprint density at radius 3 is 2.57 bits per heavy atom. The van der Waals surface area contributed by atoms with Gasteiger partial charge in [0.1, 0.15) is 17.5 Å². The van der Waals surface area contributed by atoms with E-state index in [1.165, 1.54) is 5.56 Å². The van der Waals surface area contributed by atoms with Gasteiger partial charge in [-0.3, -0.25) is 4.98 Å². The van der Waals surface area contributed by atoms with Gasteiger partial charge >= 0.3 is 0 Å². The van der Waals surface area contributed by atoms with Crippen molar-refractivity contribution in [1.29, 1.82) is 0 Å². The highest BCUT2D eigenvalue weighted by Crippen LogP contribution is 2.26. The maximum Gasteiger partial charge on any atom is 0.136 e. The first-order chi connectivity index (χ1) is 13.7. The molecule has 0 saturated carbocycles. The molecule has 0 aliphatic heterocycles. The lowest BCUT2D eigenvalue weighted by atomic mass is 10.2. The molecule has 5 nitrogen and oxygen atoms in total. The van der Waals surface area contributed by atoms with Crippen LogP contribution in [-0.2, 0) is 6.54 Å². The fourth-order valence-electron chi connectivity index (χ4n) is 3.28. The number of benzene rings is 2. The average Bonchev–Trinajstić information content (AvgIpc) is 2.72. The molecule has 2 aromatic carbocycles. The van der Waals surface area contributed by atoms with Crippen molar-refractivity contribution in [2.75, 3.05) is 16.8 Å². The number of rotatable bonds is 6. The SMILES string of the molecule is CCN(Cc1ccccc1)c1cc(Nc2cccc3cccnc23)nc(C)n1. The molecule has 0 aliphatic rings. The second kappa shape index (κ2) is 8.05. The third-order valence-corrected chi connectivity index (χ3v) is 4.64. The second-order valence-electron chi connectivity index (χ2n) is 6.66. The van der Waals surface area contributed by atoms with Crippen LogP contribution in [0, 0.1) is 6.92 Å². The number of fused-ring (bicyclic) bond motifs is 1. The Morgan fingerprint density at radius 1 is 0.929 bits per heavy atom. The molecule has 4 aromatic rings. The molecule has 2 heterocycles. The number of nitrogens with one attached hydrogen (secondary N) is 1. The van der Waals surface area contributed by atoms with Crippen LogP contribution in [0.2, 0.25) is 0 Å². The minimum atomic E-state index is 0.736. The van der Waals surface area contributed by atoms with Crippen molar-refractivity contribution in [1.82, 2.24) is 15.0 Å². The molecule has 2 aromatic heterocycles. The number of aryl methyl sites for hydroxylation is 1. The lowest BCUT2D eigenvalue weighted by Gasteiger charge is -2.23. The molecule has 0 amide bonds. The quantitative estimate of drug-likeness (QED) is 0.512. The van der Waals surface area contributed by atoms with Crippen LogP contribution in [-0.4, -0.2) is 21.5 Å². The zero-order valence-electron chi connectivity index (χ0n) is 16.1. The van der Waals surface area contributed by atoms with Gasteiger partial charge in [-0.2, -0.15) is 0 Å². The summed E-state index contributed by atoms with van der Waals surface area (Å²) in [4.78, 5) is 16.0. The molecule has 28 heavy (non-hydrogen) atoms. The van der Waals surface area contributed by atoms with Gasteiger partial charge in [0.15, 0.2) is 0 Å². The number of pyridine rings is 1. The molecule has 4 rings (SSSR count). The Balaban J connectivity index is 1.64. The molecule has 0 saturated heterocycles. The van der Waals surface area contributed by atoms with Crippen molar-refractivity contribution in [2.45, 2.75) is 20.4 Å². The Labute approximate surface area is 165 Å². The van der Waals surface area contributed by atoms with Gasteiger partial charge in [-0.1, -0.05) is 48.5 Å². The molecule has 140 valence electrons. The van der Waals surface area contributed by atoms with Crippen molar-refractivity contribution in [3.05, 3.63) is 84.3 Å². The molecule has 0 aliphatic carbocycles. The van der Waals surface area contributed by atoms with E-state index in [2.05, 4.69) is 68.5 Å². The number of aromatic nitrogens is 3. The van der Waals surface area contributed by atoms with Gasteiger partial charge in [-0.25, -0.2) is 9.97 Å². The van der Waals surface area contributed by atoms with Crippen LogP contribution < -0.4 is 10.2 Å². The first-order valence-electron chi connectivity index (χ1n) is 9.48. The van der Waals surface area contributed by atoms with Crippen molar-refractivity contribution in [3.8, 4) is 0 Å². The third-order valence-electron chi connectivity index (χ3n) is 4.64. The van der Waals surface area contributed by atoms with Crippen LogP contribution in [0.4, 0.5) is 17.3 Å². The first-order valence-corrected chi connectivity index (χ1v) is 9.48. The minimum Gasteiger partial charge on any atom is -0.352 e. The standard InChI is InChI=1S/C23H23N5/c1-3-28(16-18-9-5-4-6-10-18)22-15-21(25-17(2)26-22)27-20-13-7-11-19-12-8-14-24-23(19)20/h4-15H,3,16H2,1-2H3,(H,25,26,27). The van der Waals surface area contributed by atoms with Crippen LogP contribution in [0.1, 0.15) is 18.3 Å². The molecule has 5 heteroatoms. The Bertz CT molecular complexity index is 1070. The van der Waals surface area contributed by atoms with Gasteiger partial charge in [0, 0.05) is 30.7 Å². The van der Waals surface area contributed by atoms with Gasteiger partial charge in [0.25, 0.3) is 0 Å². The molecule has 0 fully saturated rings. The zero-order chi connectivity index (χ0) is 19.3. The highest BCUT2D eigenvalue weighted by Gasteiger charge is 2.11. The van der Waals surface area contributed by atoms with Crippen molar-refractivity contribution in [2.24, 2.45) is 0 Å². The number of nitrogens with zero attached hydrogens (tertiary/aromatic N) is 4. The fraction of sp³-hybridized carbons (Fsp3) is 0.174. The summed E-state index contributed by atoms with van der Waals surface area (Å²) in [5.41, 5.74) is 3.13. The summed E-state index contributed by atoms with van der Waals surface area (Å²) in [5.74, 6) is 2.42. The third kappa shape index (κ3) is 3.93. The van der Waals surface area contributed by atoms with E-state index in [4.69, 9.17) is 0 Å². The highest BCUT2D eigenvalue weighted by atomic mass is 15.2. The van der Waals surface area contributed by atoms with Crippen LogP contribution in [0.15, 0.2) is 72.9 Å². The average molecular weight is 369 g/mol. The fourth-order valence-corrected chi connectivity index (χ4v) is 3.28. The smallest absolute Gasteiger partial charge is 0.136 e. The minimum absolute atomic E-state index is 0.736. The molecular formula is C23H23N5.